The molecule has 0 spiro atoms. The minimum Gasteiger partial charge on any atom is -0.484 e. The Kier molecular flexibility index (Phi) is 5.42. The first kappa shape index (κ1) is 15.9. The van der Waals surface area contributed by atoms with E-state index in [-0.39, 0.29) is 12.3 Å². The monoisotopic (exact) mass is 284 g/mol. The number of aliphatic hydroxyl groups excluding tert-OH is 2. The summed E-state index contributed by atoms with van der Waals surface area (Å²) in [4.78, 5) is 21.5. The molecule has 8 heteroatoms. The molecule has 0 aliphatic heterocycles. The van der Waals surface area contributed by atoms with Gasteiger partial charge in [-0.1, -0.05) is 0 Å². The van der Waals surface area contributed by atoms with Crippen LogP contribution in [0.2, 0.25) is 0 Å². The van der Waals surface area contributed by atoms with E-state index in [1.54, 1.807) is 0 Å². The van der Waals surface area contributed by atoms with E-state index in [9.17, 15) is 14.9 Å². The van der Waals surface area contributed by atoms with Crippen molar-refractivity contribution in [3.05, 3.63) is 34.4 Å². The lowest BCUT2D eigenvalue weighted by atomic mass is 10.1. The van der Waals surface area contributed by atoms with Gasteiger partial charge in [-0.15, -0.1) is 0 Å². The minimum atomic E-state index is -1.12. The van der Waals surface area contributed by atoms with Crippen LogP contribution in [0.15, 0.2) is 24.3 Å². The lowest BCUT2D eigenvalue weighted by Gasteiger charge is -2.26. The van der Waals surface area contributed by atoms with Gasteiger partial charge in [-0.25, -0.2) is 0 Å². The number of amides is 1. The van der Waals surface area contributed by atoms with Crippen LogP contribution in [-0.4, -0.2) is 46.4 Å². The Morgan fingerprint density at radius 3 is 2.35 bits per heavy atom. The molecule has 0 aliphatic carbocycles. The van der Waals surface area contributed by atoms with Crippen molar-refractivity contribution < 1.29 is 24.7 Å². The molecule has 0 aromatic heterocycles. The van der Waals surface area contributed by atoms with Crippen molar-refractivity contribution in [3.63, 3.8) is 0 Å². The SMILES string of the molecule is CC(CO)(CO)NC(=O)COc1ccc([N+](=O)[O-])cc1. The van der Waals surface area contributed by atoms with Gasteiger partial charge in [0.05, 0.1) is 23.7 Å². The van der Waals surface area contributed by atoms with Gasteiger partial charge in [-0.2, -0.15) is 0 Å². The van der Waals surface area contributed by atoms with Crippen LogP contribution in [0.25, 0.3) is 0 Å². The van der Waals surface area contributed by atoms with Crippen molar-refractivity contribution >= 4 is 11.6 Å². The van der Waals surface area contributed by atoms with Gasteiger partial charge >= 0.3 is 0 Å². The molecule has 0 radical (unpaired) electrons. The van der Waals surface area contributed by atoms with E-state index in [0.29, 0.717) is 5.75 Å². The predicted octanol–water partition coefficient (Wildman–Crippen LogP) is -0.167. The third-order valence-corrected chi connectivity index (χ3v) is 2.56. The fraction of sp³-hybridized carbons (Fsp3) is 0.417. The normalized spacial score (nSPS) is 10.9. The second-order valence-electron chi connectivity index (χ2n) is 4.46. The Balaban J connectivity index is 2.50. The van der Waals surface area contributed by atoms with Gasteiger partial charge in [0.2, 0.25) is 0 Å². The van der Waals surface area contributed by atoms with Gasteiger partial charge < -0.3 is 20.3 Å². The molecule has 0 saturated carbocycles. The highest BCUT2D eigenvalue weighted by molar-refractivity contribution is 5.78. The van der Waals surface area contributed by atoms with Gasteiger partial charge in [0, 0.05) is 12.1 Å². The Hall–Kier alpha value is -2.19. The van der Waals surface area contributed by atoms with Crippen molar-refractivity contribution in [2.75, 3.05) is 19.8 Å². The molecule has 0 saturated heterocycles. The van der Waals surface area contributed by atoms with E-state index >= 15 is 0 Å². The molecule has 0 aliphatic rings. The van der Waals surface area contributed by atoms with Gasteiger partial charge in [-0.3, -0.25) is 14.9 Å². The summed E-state index contributed by atoms with van der Waals surface area (Å²) < 4.78 is 5.14. The quantitative estimate of drug-likeness (QED) is 0.472. The van der Waals surface area contributed by atoms with Gasteiger partial charge in [0.25, 0.3) is 11.6 Å². The van der Waals surface area contributed by atoms with Crippen LogP contribution in [0.5, 0.6) is 5.75 Å². The number of hydrogen-bond acceptors (Lipinski definition) is 6. The van der Waals surface area contributed by atoms with Crippen LogP contribution in [0.3, 0.4) is 0 Å². The summed E-state index contributed by atoms with van der Waals surface area (Å²) in [5.41, 5.74) is -1.19. The highest BCUT2D eigenvalue weighted by Gasteiger charge is 2.24. The van der Waals surface area contributed by atoms with Crippen LogP contribution < -0.4 is 10.1 Å². The first-order valence-electron chi connectivity index (χ1n) is 5.80. The van der Waals surface area contributed by atoms with Crippen molar-refractivity contribution in [1.82, 2.24) is 5.32 Å². The third kappa shape index (κ3) is 4.48. The summed E-state index contributed by atoms with van der Waals surface area (Å²) in [5.74, 6) is -0.214. The maximum atomic E-state index is 11.6. The van der Waals surface area contributed by atoms with Crippen LogP contribution in [-0.2, 0) is 4.79 Å². The number of hydrogen-bond donors (Lipinski definition) is 3. The topological polar surface area (TPSA) is 122 Å². The summed E-state index contributed by atoms with van der Waals surface area (Å²) in [5, 5.41) is 30.9. The van der Waals surface area contributed by atoms with E-state index < -0.39 is 29.6 Å². The number of aliphatic hydroxyl groups is 2. The summed E-state index contributed by atoms with van der Waals surface area (Å²) >= 11 is 0. The molecular weight excluding hydrogens is 268 g/mol. The molecule has 110 valence electrons. The molecule has 3 N–H and O–H groups in total. The Morgan fingerprint density at radius 1 is 1.35 bits per heavy atom. The average Bonchev–Trinajstić information content (AvgIpc) is 2.45. The number of nitrogens with one attached hydrogen (secondary N) is 1. The predicted molar refractivity (Wildman–Crippen MR) is 69.3 cm³/mol. The lowest BCUT2D eigenvalue weighted by Crippen LogP contribution is -2.53. The summed E-state index contributed by atoms with van der Waals surface area (Å²) in [6.07, 6.45) is 0. The first-order chi connectivity index (χ1) is 9.40. The summed E-state index contributed by atoms with van der Waals surface area (Å²) in [6.45, 7) is 0.337. The average molecular weight is 284 g/mol. The standard InChI is InChI=1S/C12H16N2O6/c1-12(7-15,8-16)13-11(17)6-20-10-4-2-9(3-5-10)14(18)19/h2-5,15-16H,6-8H2,1H3,(H,13,17). The molecule has 1 rings (SSSR count). The fourth-order valence-corrected chi connectivity index (χ4v) is 1.31. The number of ether oxygens (including phenoxy) is 1. The zero-order chi connectivity index (χ0) is 15.2. The maximum absolute atomic E-state index is 11.6. The van der Waals surface area contributed by atoms with E-state index in [4.69, 9.17) is 14.9 Å². The zero-order valence-electron chi connectivity index (χ0n) is 10.9. The highest BCUT2D eigenvalue weighted by Crippen LogP contribution is 2.17. The van der Waals surface area contributed by atoms with Gasteiger partial charge in [-0.05, 0) is 19.1 Å². The van der Waals surface area contributed by atoms with E-state index in [2.05, 4.69) is 5.32 Å². The molecule has 20 heavy (non-hydrogen) atoms. The van der Waals surface area contributed by atoms with E-state index in [1.807, 2.05) is 0 Å². The second kappa shape index (κ2) is 6.83. The third-order valence-electron chi connectivity index (χ3n) is 2.56. The van der Waals surface area contributed by atoms with Crippen LogP contribution in [0, 0.1) is 10.1 Å². The number of nitro groups is 1. The summed E-state index contributed by atoms with van der Waals surface area (Å²) in [7, 11) is 0. The van der Waals surface area contributed by atoms with Crippen molar-refractivity contribution in [2.45, 2.75) is 12.5 Å². The number of nitro benzene ring substituents is 1. The van der Waals surface area contributed by atoms with Crippen molar-refractivity contribution in [2.24, 2.45) is 0 Å². The lowest BCUT2D eigenvalue weighted by molar-refractivity contribution is -0.384. The second-order valence-corrected chi connectivity index (χ2v) is 4.46. The van der Waals surface area contributed by atoms with Crippen LogP contribution in [0.1, 0.15) is 6.92 Å². The summed E-state index contributed by atoms with van der Waals surface area (Å²) in [6, 6.07) is 5.28. The molecule has 1 aromatic carbocycles. The molecule has 1 amide bonds. The zero-order valence-corrected chi connectivity index (χ0v) is 10.9. The van der Waals surface area contributed by atoms with Gasteiger partial charge in [0.1, 0.15) is 5.75 Å². The largest absolute Gasteiger partial charge is 0.484 e. The smallest absolute Gasteiger partial charge is 0.269 e. The van der Waals surface area contributed by atoms with Crippen molar-refractivity contribution in [1.29, 1.82) is 0 Å². The van der Waals surface area contributed by atoms with Crippen molar-refractivity contribution in [3.8, 4) is 5.75 Å². The van der Waals surface area contributed by atoms with Crippen LogP contribution >= 0.6 is 0 Å². The highest BCUT2D eigenvalue weighted by atomic mass is 16.6. The number of nitrogens with zero attached hydrogens (tertiary/aromatic N) is 1. The Labute approximate surface area is 115 Å². The number of carbonyl (C=O) groups excluding carboxylic acids is 1. The van der Waals surface area contributed by atoms with Crippen LogP contribution in [0.4, 0.5) is 5.69 Å². The number of benzene rings is 1. The Morgan fingerprint density at radius 2 is 1.90 bits per heavy atom. The first-order valence-corrected chi connectivity index (χ1v) is 5.80. The van der Waals surface area contributed by atoms with E-state index in [0.717, 1.165) is 0 Å². The number of rotatable bonds is 7. The van der Waals surface area contributed by atoms with E-state index in [1.165, 1.54) is 31.2 Å². The maximum Gasteiger partial charge on any atom is 0.269 e. The molecule has 0 atom stereocenters. The molecule has 0 unspecified atom stereocenters. The molecule has 0 fully saturated rings. The molecule has 8 nitrogen and oxygen atoms in total. The molecular formula is C12H16N2O6. The molecule has 1 aromatic rings. The fourth-order valence-electron chi connectivity index (χ4n) is 1.31. The number of non-ortho nitro benzene ring substituents is 1. The molecule has 0 bridgehead atoms. The number of carbonyl (C=O) groups is 1. The minimum absolute atomic E-state index is 0.0741. The van der Waals surface area contributed by atoms with Gasteiger partial charge in [0.15, 0.2) is 6.61 Å². The Bertz CT molecular complexity index is 469. The molecule has 0 heterocycles.